The maximum absolute atomic E-state index is 13.1. The summed E-state index contributed by atoms with van der Waals surface area (Å²) in [7, 11) is 1.38. The molecule has 9 heteroatoms. The number of aliphatic hydroxyl groups is 1. The summed E-state index contributed by atoms with van der Waals surface area (Å²) in [6, 6.07) is 4.45. The third kappa shape index (κ3) is 2.67. The molecule has 2 aliphatic heterocycles. The lowest BCUT2D eigenvalue weighted by Crippen LogP contribution is -2.47. The lowest BCUT2D eigenvalue weighted by Gasteiger charge is -2.26. The third-order valence-electron chi connectivity index (χ3n) is 4.77. The Morgan fingerprint density at radius 3 is 2.72 bits per heavy atom. The molecule has 2 aliphatic rings. The van der Waals surface area contributed by atoms with Crippen molar-refractivity contribution in [1.29, 1.82) is 5.26 Å². The van der Waals surface area contributed by atoms with E-state index in [-0.39, 0.29) is 5.02 Å². The van der Waals surface area contributed by atoms with Crippen LogP contribution >= 0.6 is 11.6 Å². The third-order valence-corrected chi connectivity index (χ3v) is 5.26. The minimum atomic E-state index is -4.74. The first-order chi connectivity index (χ1) is 11.6. The number of hydrazone groups is 1. The zero-order valence-corrected chi connectivity index (χ0v) is 14.2. The molecule has 25 heavy (non-hydrogen) atoms. The van der Waals surface area contributed by atoms with Crippen LogP contribution in [0.5, 0.6) is 0 Å². The van der Waals surface area contributed by atoms with Crippen LogP contribution in [0.2, 0.25) is 5.02 Å². The van der Waals surface area contributed by atoms with Crippen molar-refractivity contribution in [2.24, 2.45) is 5.10 Å². The minimum absolute atomic E-state index is 0.274. The first-order valence-corrected chi connectivity index (χ1v) is 7.87. The normalized spacial score (nSPS) is 28.7. The summed E-state index contributed by atoms with van der Waals surface area (Å²) in [6.07, 6.45) is -6.00. The molecule has 0 radical (unpaired) electrons. The Morgan fingerprint density at radius 2 is 2.16 bits per heavy atom. The molecule has 0 unspecified atom stereocenters. The number of ether oxygens (including phenoxy) is 1. The highest BCUT2D eigenvalue weighted by molar-refractivity contribution is 6.33. The maximum atomic E-state index is 13.1. The van der Waals surface area contributed by atoms with Gasteiger partial charge in [0.15, 0.2) is 5.60 Å². The molecule has 1 saturated heterocycles. The Bertz CT molecular complexity index is 790. The van der Waals surface area contributed by atoms with Crippen molar-refractivity contribution in [3.8, 4) is 6.07 Å². The van der Waals surface area contributed by atoms with E-state index in [4.69, 9.17) is 21.6 Å². The summed E-state index contributed by atoms with van der Waals surface area (Å²) < 4.78 is 44.7. The molecule has 134 valence electrons. The van der Waals surface area contributed by atoms with Crippen molar-refractivity contribution in [3.63, 3.8) is 0 Å². The van der Waals surface area contributed by atoms with Crippen molar-refractivity contribution >= 4 is 17.3 Å². The zero-order chi connectivity index (χ0) is 18.6. The van der Waals surface area contributed by atoms with Crippen molar-refractivity contribution < 1.29 is 23.0 Å². The van der Waals surface area contributed by atoms with Gasteiger partial charge in [-0.3, -0.25) is 5.01 Å². The summed E-state index contributed by atoms with van der Waals surface area (Å²) >= 11 is 6.17. The number of nitrogens with zero attached hydrogens (tertiary/aromatic N) is 3. The molecule has 1 fully saturated rings. The van der Waals surface area contributed by atoms with Gasteiger partial charge in [-0.2, -0.15) is 23.5 Å². The van der Waals surface area contributed by atoms with E-state index in [1.165, 1.54) is 18.2 Å². The average molecular weight is 374 g/mol. The molecule has 3 atom stereocenters. The van der Waals surface area contributed by atoms with Gasteiger partial charge in [0.2, 0.25) is 0 Å². The fraction of sp³-hybridized carbons (Fsp3) is 0.500. The van der Waals surface area contributed by atoms with Crippen LogP contribution in [-0.4, -0.2) is 53.4 Å². The van der Waals surface area contributed by atoms with Crippen molar-refractivity contribution in [1.82, 2.24) is 5.01 Å². The zero-order valence-electron chi connectivity index (χ0n) is 13.4. The van der Waals surface area contributed by atoms with E-state index in [0.29, 0.717) is 22.4 Å². The van der Waals surface area contributed by atoms with Crippen LogP contribution in [0.1, 0.15) is 23.1 Å². The van der Waals surface area contributed by atoms with Crippen LogP contribution in [-0.2, 0) is 4.74 Å². The molecule has 0 saturated carbocycles. The smallest absolute Gasteiger partial charge is 0.379 e. The Balaban J connectivity index is 2.00. The number of hydrogen-bond donors (Lipinski definition) is 1. The predicted octanol–water partition coefficient (Wildman–Crippen LogP) is 2.62. The highest BCUT2D eigenvalue weighted by Gasteiger charge is 2.63. The van der Waals surface area contributed by atoms with Crippen LogP contribution in [0, 0.1) is 18.3 Å². The molecular formula is C16H15ClF3N3O2. The Kier molecular flexibility index (Phi) is 4.22. The number of halogens is 4. The van der Waals surface area contributed by atoms with Gasteiger partial charge in [-0.05, 0) is 18.6 Å². The number of fused-ring (bicyclic) bond motifs is 1. The van der Waals surface area contributed by atoms with Gasteiger partial charge in [-0.1, -0.05) is 17.7 Å². The molecule has 1 aromatic rings. The molecule has 5 nitrogen and oxygen atoms in total. The number of nitriles is 1. The van der Waals surface area contributed by atoms with Gasteiger partial charge in [0.05, 0.1) is 28.9 Å². The Morgan fingerprint density at radius 1 is 1.48 bits per heavy atom. The molecule has 0 bridgehead atoms. The van der Waals surface area contributed by atoms with Crippen molar-refractivity contribution in [2.45, 2.75) is 37.3 Å². The second-order valence-electron chi connectivity index (χ2n) is 6.25. The molecule has 1 N–H and O–H groups in total. The minimum Gasteiger partial charge on any atom is -0.379 e. The van der Waals surface area contributed by atoms with Crippen LogP contribution < -0.4 is 0 Å². The first kappa shape index (κ1) is 18.0. The number of hydrogen-bond acceptors (Lipinski definition) is 5. The summed E-state index contributed by atoms with van der Waals surface area (Å²) in [4.78, 5) is 0. The monoisotopic (exact) mass is 373 g/mol. The fourth-order valence-electron chi connectivity index (χ4n) is 3.38. The van der Waals surface area contributed by atoms with E-state index in [1.807, 2.05) is 6.07 Å². The van der Waals surface area contributed by atoms with E-state index >= 15 is 0 Å². The summed E-state index contributed by atoms with van der Waals surface area (Å²) in [5.74, 6) is 0. The largest absolute Gasteiger partial charge is 0.419 e. The number of methoxy groups -OCH3 is 1. The Labute approximate surface area is 147 Å². The Hall–Kier alpha value is -1.82. The molecule has 2 heterocycles. The molecule has 1 aromatic carbocycles. The van der Waals surface area contributed by atoms with E-state index < -0.39 is 36.9 Å². The van der Waals surface area contributed by atoms with Crippen LogP contribution in [0.15, 0.2) is 17.2 Å². The van der Waals surface area contributed by atoms with Gasteiger partial charge in [-0.15, -0.1) is 0 Å². The topological polar surface area (TPSA) is 68.8 Å². The van der Waals surface area contributed by atoms with Crippen molar-refractivity contribution in [2.75, 3.05) is 13.7 Å². The molecule has 0 aliphatic carbocycles. The van der Waals surface area contributed by atoms with E-state index in [2.05, 4.69) is 5.10 Å². The van der Waals surface area contributed by atoms with Gasteiger partial charge >= 0.3 is 6.18 Å². The van der Waals surface area contributed by atoms with Gasteiger partial charge in [-0.25, -0.2) is 0 Å². The molecular weight excluding hydrogens is 359 g/mol. The molecule has 0 aromatic heterocycles. The maximum Gasteiger partial charge on any atom is 0.419 e. The fourth-order valence-corrected chi connectivity index (χ4v) is 3.59. The van der Waals surface area contributed by atoms with Crippen molar-refractivity contribution in [3.05, 3.63) is 33.8 Å². The van der Waals surface area contributed by atoms with Gasteiger partial charge in [0.1, 0.15) is 12.2 Å². The van der Waals surface area contributed by atoms with Gasteiger partial charge in [0, 0.05) is 19.1 Å². The highest BCUT2D eigenvalue weighted by atomic mass is 35.5. The average Bonchev–Trinajstić information content (AvgIpc) is 3.03. The quantitative estimate of drug-likeness (QED) is 0.865. The first-order valence-electron chi connectivity index (χ1n) is 7.49. The summed E-state index contributed by atoms with van der Waals surface area (Å²) in [6.45, 7) is 1.07. The van der Waals surface area contributed by atoms with E-state index in [1.54, 1.807) is 13.0 Å². The number of rotatable bonds is 2. The molecule has 0 amide bonds. The predicted molar refractivity (Wildman–Crippen MR) is 84.4 cm³/mol. The molecule has 3 rings (SSSR count). The molecule has 0 spiro atoms. The summed E-state index contributed by atoms with van der Waals surface area (Å²) in [5, 5.41) is 24.7. The number of benzene rings is 1. The highest BCUT2D eigenvalue weighted by Crippen LogP contribution is 2.44. The van der Waals surface area contributed by atoms with Crippen LogP contribution in [0.4, 0.5) is 13.2 Å². The number of alkyl halides is 3. The second-order valence-corrected chi connectivity index (χ2v) is 6.63. The standard InChI is InChI=1S/C16H15ClF3N3O2/c1-8-10(4-3-9(6-21)12(8)17)13-14(25-2)11-5-15(24,16(18,19)20)7-23(11)22-13/h3-4,11,14,24H,5,7H2,1-2H3/t11-,14-,15+/m0/s1. The van der Waals surface area contributed by atoms with E-state index in [0.717, 1.165) is 0 Å². The van der Waals surface area contributed by atoms with Gasteiger partial charge in [0.25, 0.3) is 0 Å². The SMILES string of the molecule is CO[C@@H]1C(c2ccc(C#N)c(Cl)c2C)=NN2C[C@@](O)(C(F)(F)F)C[C@@H]12. The van der Waals surface area contributed by atoms with Crippen LogP contribution in [0.25, 0.3) is 0 Å². The van der Waals surface area contributed by atoms with E-state index in [9.17, 15) is 18.3 Å². The second kappa shape index (κ2) is 5.87. The lowest BCUT2D eigenvalue weighted by molar-refractivity contribution is -0.254. The van der Waals surface area contributed by atoms with Gasteiger partial charge < -0.3 is 9.84 Å². The lowest BCUT2D eigenvalue weighted by atomic mass is 9.91. The summed E-state index contributed by atoms with van der Waals surface area (Å²) in [5.41, 5.74) is -0.835. The van der Waals surface area contributed by atoms with Crippen LogP contribution in [0.3, 0.4) is 0 Å².